The standard InChI is InChI=1S/C14H16ClN5O2/c15-11-4-3-10-13(19-11)12(9(16)6-17-10)18-8-2-1-5-20(7-8)14(21)22/h3-4,6,8H,1-2,5,7,16H2,(H,17,18)(H,21,22)/t8-/m1/s1. The maximum Gasteiger partial charge on any atom is 0.407 e. The van der Waals surface area contributed by atoms with Crippen molar-refractivity contribution in [2.24, 2.45) is 0 Å². The molecule has 2 aromatic rings. The predicted octanol–water partition coefficient (Wildman–Crippen LogP) is 2.42. The molecule has 22 heavy (non-hydrogen) atoms. The summed E-state index contributed by atoms with van der Waals surface area (Å²) in [4.78, 5) is 21.0. The Hall–Kier alpha value is -2.28. The molecule has 0 unspecified atom stereocenters. The first-order valence-corrected chi connectivity index (χ1v) is 7.37. The van der Waals surface area contributed by atoms with Gasteiger partial charge in [-0.15, -0.1) is 0 Å². The van der Waals surface area contributed by atoms with Gasteiger partial charge in [0.2, 0.25) is 0 Å². The molecule has 1 amide bonds. The van der Waals surface area contributed by atoms with E-state index in [1.165, 1.54) is 4.90 Å². The summed E-state index contributed by atoms with van der Waals surface area (Å²) < 4.78 is 0. The molecule has 0 radical (unpaired) electrons. The first-order chi connectivity index (χ1) is 10.5. The zero-order valence-electron chi connectivity index (χ0n) is 11.8. The number of amides is 1. The zero-order valence-corrected chi connectivity index (χ0v) is 12.5. The third kappa shape index (κ3) is 2.85. The van der Waals surface area contributed by atoms with E-state index in [0.717, 1.165) is 12.8 Å². The van der Waals surface area contributed by atoms with Crippen LogP contribution in [0.15, 0.2) is 18.3 Å². The smallest absolute Gasteiger partial charge is 0.407 e. The SMILES string of the molecule is Nc1cnc2ccc(Cl)nc2c1N[C@@H]1CCCN(C(=O)O)C1. The van der Waals surface area contributed by atoms with Gasteiger partial charge in [0.1, 0.15) is 10.7 Å². The molecule has 4 N–H and O–H groups in total. The van der Waals surface area contributed by atoms with Gasteiger partial charge in [-0.3, -0.25) is 4.98 Å². The number of rotatable bonds is 2. The number of likely N-dealkylation sites (tertiary alicyclic amines) is 1. The van der Waals surface area contributed by atoms with Crippen LogP contribution in [-0.2, 0) is 0 Å². The van der Waals surface area contributed by atoms with Crippen molar-refractivity contribution in [3.8, 4) is 0 Å². The normalized spacial score (nSPS) is 18.4. The van der Waals surface area contributed by atoms with E-state index in [1.807, 2.05) is 0 Å². The maximum absolute atomic E-state index is 11.1. The van der Waals surface area contributed by atoms with Crippen molar-refractivity contribution >= 4 is 40.1 Å². The lowest BCUT2D eigenvalue weighted by molar-refractivity contribution is 0.133. The Morgan fingerprint density at radius 3 is 3.09 bits per heavy atom. The number of hydrogen-bond donors (Lipinski definition) is 3. The molecule has 1 aliphatic heterocycles. The number of nitrogens with one attached hydrogen (secondary N) is 1. The monoisotopic (exact) mass is 321 g/mol. The summed E-state index contributed by atoms with van der Waals surface area (Å²) in [5.74, 6) is 0. The molecule has 0 aromatic carbocycles. The minimum Gasteiger partial charge on any atom is -0.465 e. The highest BCUT2D eigenvalue weighted by molar-refractivity contribution is 6.29. The van der Waals surface area contributed by atoms with Gasteiger partial charge >= 0.3 is 6.09 Å². The number of hydrogen-bond acceptors (Lipinski definition) is 5. The summed E-state index contributed by atoms with van der Waals surface area (Å²) in [6.45, 7) is 0.976. The molecule has 3 rings (SSSR count). The summed E-state index contributed by atoms with van der Waals surface area (Å²) in [6.07, 6.45) is 2.34. The van der Waals surface area contributed by atoms with Crippen LogP contribution < -0.4 is 11.1 Å². The lowest BCUT2D eigenvalue weighted by Crippen LogP contribution is -2.44. The number of piperidine rings is 1. The van der Waals surface area contributed by atoms with E-state index in [-0.39, 0.29) is 6.04 Å². The van der Waals surface area contributed by atoms with Crippen LogP contribution >= 0.6 is 11.6 Å². The average Bonchev–Trinajstić information content (AvgIpc) is 2.50. The molecule has 1 atom stereocenters. The van der Waals surface area contributed by atoms with Crippen molar-refractivity contribution in [3.05, 3.63) is 23.5 Å². The highest BCUT2D eigenvalue weighted by Crippen LogP contribution is 2.29. The molecule has 3 heterocycles. The Morgan fingerprint density at radius 1 is 1.50 bits per heavy atom. The zero-order chi connectivity index (χ0) is 15.7. The number of pyridine rings is 2. The lowest BCUT2D eigenvalue weighted by atomic mass is 10.1. The molecule has 0 bridgehead atoms. The van der Waals surface area contributed by atoms with Crippen LogP contribution in [-0.4, -0.2) is 45.2 Å². The Labute approximate surface area is 132 Å². The summed E-state index contributed by atoms with van der Waals surface area (Å²) in [5.41, 5.74) is 8.42. The van der Waals surface area contributed by atoms with Crippen molar-refractivity contribution in [3.63, 3.8) is 0 Å². The van der Waals surface area contributed by atoms with Gasteiger partial charge in [0.05, 0.1) is 23.1 Å². The number of fused-ring (bicyclic) bond motifs is 1. The first kappa shape index (κ1) is 14.6. The molecule has 1 aliphatic rings. The van der Waals surface area contributed by atoms with Gasteiger partial charge < -0.3 is 21.1 Å². The Bertz CT molecular complexity index is 718. The van der Waals surface area contributed by atoms with Gasteiger partial charge in [-0.05, 0) is 25.0 Å². The van der Waals surface area contributed by atoms with Crippen molar-refractivity contribution in [2.45, 2.75) is 18.9 Å². The Balaban J connectivity index is 1.91. The van der Waals surface area contributed by atoms with Crippen LogP contribution in [0.5, 0.6) is 0 Å². The van der Waals surface area contributed by atoms with Gasteiger partial charge in [0.15, 0.2) is 0 Å². The second-order valence-electron chi connectivity index (χ2n) is 5.30. The largest absolute Gasteiger partial charge is 0.465 e. The number of nitrogens with zero attached hydrogens (tertiary/aromatic N) is 3. The second-order valence-corrected chi connectivity index (χ2v) is 5.69. The van der Waals surface area contributed by atoms with Crippen LogP contribution in [0.25, 0.3) is 11.0 Å². The van der Waals surface area contributed by atoms with Crippen LogP contribution in [0.4, 0.5) is 16.2 Å². The van der Waals surface area contributed by atoms with E-state index < -0.39 is 6.09 Å². The molecule has 7 nitrogen and oxygen atoms in total. The number of anilines is 2. The third-order valence-electron chi connectivity index (χ3n) is 3.75. The molecule has 1 saturated heterocycles. The van der Waals surface area contributed by atoms with E-state index in [1.54, 1.807) is 18.3 Å². The number of aromatic nitrogens is 2. The molecule has 0 spiro atoms. The van der Waals surface area contributed by atoms with Gasteiger partial charge in [-0.25, -0.2) is 9.78 Å². The molecular weight excluding hydrogens is 306 g/mol. The Kier molecular flexibility index (Phi) is 3.89. The van der Waals surface area contributed by atoms with Crippen molar-refractivity contribution < 1.29 is 9.90 Å². The van der Waals surface area contributed by atoms with Crippen LogP contribution in [0.2, 0.25) is 5.15 Å². The summed E-state index contributed by atoms with van der Waals surface area (Å²) >= 11 is 5.96. The van der Waals surface area contributed by atoms with Gasteiger partial charge in [-0.1, -0.05) is 11.6 Å². The molecule has 0 aliphatic carbocycles. The lowest BCUT2D eigenvalue weighted by Gasteiger charge is -2.32. The molecule has 2 aromatic heterocycles. The fourth-order valence-corrected chi connectivity index (χ4v) is 2.83. The minimum absolute atomic E-state index is 0.0152. The summed E-state index contributed by atoms with van der Waals surface area (Å²) in [6, 6.07) is 3.43. The topological polar surface area (TPSA) is 104 Å². The van der Waals surface area contributed by atoms with Crippen molar-refractivity contribution in [2.75, 3.05) is 24.1 Å². The molecule has 1 fully saturated rings. The molecular formula is C14H16ClN5O2. The fraction of sp³-hybridized carbons (Fsp3) is 0.357. The maximum atomic E-state index is 11.1. The summed E-state index contributed by atoms with van der Waals surface area (Å²) in [7, 11) is 0. The van der Waals surface area contributed by atoms with Crippen molar-refractivity contribution in [1.82, 2.24) is 14.9 Å². The fourth-order valence-electron chi connectivity index (χ4n) is 2.68. The highest BCUT2D eigenvalue weighted by Gasteiger charge is 2.24. The second kappa shape index (κ2) is 5.84. The van der Waals surface area contributed by atoms with Gasteiger partial charge in [-0.2, -0.15) is 0 Å². The summed E-state index contributed by atoms with van der Waals surface area (Å²) in [5, 5.41) is 12.8. The highest BCUT2D eigenvalue weighted by atomic mass is 35.5. The quantitative estimate of drug-likeness (QED) is 0.734. The van der Waals surface area contributed by atoms with Crippen LogP contribution in [0, 0.1) is 0 Å². The van der Waals surface area contributed by atoms with Gasteiger partial charge in [0.25, 0.3) is 0 Å². The van der Waals surface area contributed by atoms with Crippen molar-refractivity contribution in [1.29, 1.82) is 0 Å². The predicted molar refractivity (Wildman–Crippen MR) is 85.2 cm³/mol. The van der Waals surface area contributed by atoms with Gasteiger partial charge in [0, 0.05) is 19.1 Å². The van der Waals surface area contributed by atoms with E-state index in [0.29, 0.717) is 40.7 Å². The first-order valence-electron chi connectivity index (χ1n) is 7.00. The minimum atomic E-state index is -0.903. The van der Waals surface area contributed by atoms with E-state index in [2.05, 4.69) is 15.3 Å². The van der Waals surface area contributed by atoms with E-state index >= 15 is 0 Å². The number of halogens is 1. The number of carboxylic acid groups (broad SMARTS) is 1. The van der Waals surface area contributed by atoms with E-state index in [4.69, 9.17) is 22.4 Å². The third-order valence-corrected chi connectivity index (χ3v) is 3.96. The average molecular weight is 322 g/mol. The number of nitrogen functional groups attached to an aromatic ring is 1. The number of carbonyl (C=O) groups is 1. The molecule has 0 saturated carbocycles. The van der Waals surface area contributed by atoms with E-state index in [9.17, 15) is 4.79 Å². The van der Waals surface area contributed by atoms with Crippen LogP contribution in [0.3, 0.4) is 0 Å². The van der Waals surface area contributed by atoms with Crippen LogP contribution in [0.1, 0.15) is 12.8 Å². The Morgan fingerprint density at radius 2 is 2.32 bits per heavy atom. The number of nitrogens with two attached hydrogens (primary N) is 1. The molecule has 8 heteroatoms. The molecule has 116 valence electrons.